The molecule has 0 radical (unpaired) electrons. The maximum absolute atomic E-state index is 10.6. The van der Waals surface area contributed by atoms with Gasteiger partial charge in [-0.05, 0) is 42.0 Å². The van der Waals surface area contributed by atoms with Gasteiger partial charge in [0.1, 0.15) is 12.4 Å². The summed E-state index contributed by atoms with van der Waals surface area (Å²) >= 11 is 0. The fourth-order valence-electron chi connectivity index (χ4n) is 1.99. The Morgan fingerprint density at radius 3 is 2.35 bits per heavy atom. The second-order valence-electron chi connectivity index (χ2n) is 4.86. The first-order valence-corrected chi connectivity index (χ1v) is 6.88. The second kappa shape index (κ2) is 6.27. The van der Waals surface area contributed by atoms with Crippen molar-refractivity contribution < 1.29 is 14.1 Å². The molecule has 0 aliphatic heterocycles. The summed E-state index contributed by atoms with van der Waals surface area (Å²) in [4.78, 5) is 10.2. The van der Waals surface area contributed by atoms with Crippen LogP contribution < -0.4 is 4.74 Å². The Kier molecular flexibility index (Phi) is 4.01. The summed E-state index contributed by atoms with van der Waals surface area (Å²) in [6.07, 6.45) is 0. The van der Waals surface area contributed by atoms with E-state index in [0.29, 0.717) is 24.1 Å². The molecule has 3 aromatic rings. The molecular formula is C16H13N3O4. The molecule has 2 aromatic carbocycles. The highest BCUT2D eigenvalue weighted by Gasteiger charge is 2.07. The minimum absolute atomic E-state index is 0.0629. The van der Waals surface area contributed by atoms with Crippen LogP contribution in [0.1, 0.15) is 11.5 Å². The number of ether oxygens (including phenoxy) is 1. The van der Waals surface area contributed by atoms with Crippen molar-refractivity contribution in [2.24, 2.45) is 0 Å². The molecule has 23 heavy (non-hydrogen) atoms. The number of hydrogen-bond acceptors (Lipinski definition) is 6. The van der Waals surface area contributed by atoms with Crippen molar-refractivity contribution in [3.63, 3.8) is 0 Å². The highest BCUT2D eigenvalue weighted by Crippen LogP contribution is 2.22. The smallest absolute Gasteiger partial charge is 0.269 e. The molecule has 0 aliphatic carbocycles. The summed E-state index contributed by atoms with van der Waals surface area (Å²) in [6.45, 7) is 2.06. The Morgan fingerprint density at radius 1 is 1.09 bits per heavy atom. The quantitative estimate of drug-likeness (QED) is 0.528. The van der Waals surface area contributed by atoms with Crippen LogP contribution in [0, 0.1) is 17.0 Å². The molecule has 0 bridgehead atoms. The van der Waals surface area contributed by atoms with Gasteiger partial charge in [0, 0.05) is 24.6 Å². The van der Waals surface area contributed by atoms with E-state index in [1.54, 1.807) is 31.2 Å². The van der Waals surface area contributed by atoms with Crippen LogP contribution in [-0.2, 0) is 6.61 Å². The first-order valence-electron chi connectivity index (χ1n) is 6.88. The predicted molar refractivity (Wildman–Crippen MR) is 81.9 cm³/mol. The summed E-state index contributed by atoms with van der Waals surface area (Å²) in [5, 5.41) is 18.3. The average Bonchev–Trinajstić information content (AvgIpc) is 3.00. The molecule has 116 valence electrons. The van der Waals surface area contributed by atoms with Crippen LogP contribution in [0.3, 0.4) is 0 Å². The fraction of sp³-hybridized carbons (Fsp3) is 0.125. The summed E-state index contributed by atoms with van der Waals surface area (Å²) in [5.41, 5.74) is 1.73. The van der Waals surface area contributed by atoms with Crippen LogP contribution >= 0.6 is 0 Å². The lowest BCUT2D eigenvalue weighted by molar-refractivity contribution is -0.384. The summed E-state index contributed by atoms with van der Waals surface area (Å²) in [7, 11) is 0. The van der Waals surface area contributed by atoms with E-state index in [0.717, 1.165) is 11.1 Å². The molecule has 0 atom stereocenters. The molecule has 1 aromatic heterocycles. The third kappa shape index (κ3) is 3.52. The first-order chi connectivity index (χ1) is 11.1. The van der Waals surface area contributed by atoms with Crippen LogP contribution in [-0.4, -0.2) is 15.1 Å². The van der Waals surface area contributed by atoms with Gasteiger partial charge in [-0.3, -0.25) is 10.1 Å². The molecule has 0 unspecified atom stereocenters. The van der Waals surface area contributed by atoms with Crippen molar-refractivity contribution in [1.82, 2.24) is 10.2 Å². The number of aryl methyl sites for hydroxylation is 1. The summed E-state index contributed by atoms with van der Waals surface area (Å²) in [5.74, 6) is 1.66. The van der Waals surface area contributed by atoms with Gasteiger partial charge in [0.2, 0.25) is 11.8 Å². The largest absolute Gasteiger partial charge is 0.489 e. The van der Waals surface area contributed by atoms with E-state index in [-0.39, 0.29) is 5.69 Å². The predicted octanol–water partition coefficient (Wildman–Crippen LogP) is 3.53. The van der Waals surface area contributed by atoms with Crippen LogP contribution in [0.5, 0.6) is 5.75 Å². The molecule has 3 rings (SSSR count). The van der Waals surface area contributed by atoms with Crippen molar-refractivity contribution in [2.45, 2.75) is 13.5 Å². The first kappa shape index (κ1) is 14.7. The van der Waals surface area contributed by atoms with Gasteiger partial charge >= 0.3 is 0 Å². The van der Waals surface area contributed by atoms with Gasteiger partial charge in [-0.2, -0.15) is 0 Å². The number of hydrogen-bond donors (Lipinski definition) is 0. The Morgan fingerprint density at radius 2 is 1.78 bits per heavy atom. The van der Waals surface area contributed by atoms with Crippen LogP contribution in [0.2, 0.25) is 0 Å². The van der Waals surface area contributed by atoms with Gasteiger partial charge in [-0.25, -0.2) is 0 Å². The lowest BCUT2D eigenvalue weighted by Crippen LogP contribution is -1.96. The zero-order chi connectivity index (χ0) is 16.2. The number of nitro groups is 1. The van der Waals surface area contributed by atoms with E-state index in [4.69, 9.17) is 9.15 Å². The molecule has 0 aliphatic rings. The Hall–Kier alpha value is -3.22. The standard InChI is InChI=1S/C16H13N3O4/c1-11-17-18-16(23-11)13-4-8-15(9-5-13)22-10-12-2-6-14(7-3-12)19(20)21/h2-9H,10H2,1H3. The molecule has 0 saturated heterocycles. The van der Waals surface area contributed by atoms with E-state index in [2.05, 4.69) is 10.2 Å². The number of aromatic nitrogens is 2. The van der Waals surface area contributed by atoms with Crippen molar-refractivity contribution >= 4 is 5.69 Å². The minimum Gasteiger partial charge on any atom is -0.489 e. The normalized spacial score (nSPS) is 10.5. The van der Waals surface area contributed by atoms with E-state index in [9.17, 15) is 10.1 Å². The number of benzene rings is 2. The Labute approximate surface area is 131 Å². The molecule has 0 saturated carbocycles. The van der Waals surface area contributed by atoms with E-state index < -0.39 is 4.92 Å². The monoisotopic (exact) mass is 311 g/mol. The van der Waals surface area contributed by atoms with Crippen LogP contribution in [0.25, 0.3) is 11.5 Å². The molecule has 7 heteroatoms. The van der Waals surface area contributed by atoms with Gasteiger partial charge < -0.3 is 9.15 Å². The summed E-state index contributed by atoms with van der Waals surface area (Å²) < 4.78 is 11.0. The SMILES string of the molecule is Cc1nnc(-c2ccc(OCc3ccc([N+](=O)[O-])cc3)cc2)o1. The van der Waals surface area contributed by atoms with Crippen molar-refractivity contribution in [2.75, 3.05) is 0 Å². The molecule has 0 N–H and O–H groups in total. The van der Waals surface area contributed by atoms with Crippen LogP contribution in [0.4, 0.5) is 5.69 Å². The topological polar surface area (TPSA) is 91.3 Å². The molecule has 0 fully saturated rings. The van der Waals surface area contributed by atoms with Crippen molar-refractivity contribution in [1.29, 1.82) is 0 Å². The number of nitrogens with zero attached hydrogens (tertiary/aromatic N) is 3. The second-order valence-corrected chi connectivity index (χ2v) is 4.86. The van der Waals surface area contributed by atoms with Gasteiger partial charge in [0.25, 0.3) is 5.69 Å². The molecular weight excluding hydrogens is 298 g/mol. The average molecular weight is 311 g/mol. The van der Waals surface area contributed by atoms with E-state index in [1.807, 2.05) is 12.1 Å². The molecule has 1 heterocycles. The summed E-state index contributed by atoms with van der Waals surface area (Å²) in [6, 6.07) is 13.5. The number of nitro benzene ring substituents is 1. The third-order valence-corrected chi connectivity index (χ3v) is 3.18. The molecule has 0 amide bonds. The Bertz CT molecular complexity index is 810. The molecule has 7 nitrogen and oxygen atoms in total. The van der Waals surface area contributed by atoms with Gasteiger partial charge in [0.05, 0.1) is 4.92 Å². The lowest BCUT2D eigenvalue weighted by Gasteiger charge is -2.06. The lowest BCUT2D eigenvalue weighted by atomic mass is 10.2. The Balaban J connectivity index is 1.63. The van der Waals surface area contributed by atoms with E-state index >= 15 is 0 Å². The van der Waals surface area contributed by atoms with Gasteiger partial charge in [-0.15, -0.1) is 10.2 Å². The number of non-ortho nitro benzene ring substituents is 1. The highest BCUT2D eigenvalue weighted by atomic mass is 16.6. The van der Waals surface area contributed by atoms with Crippen LogP contribution in [0.15, 0.2) is 52.9 Å². The zero-order valence-electron chi connectivity index (χ0n) is 12.3. The fourth-order valence-corrected chi connectivity index (χ4v) is 1.99. The van der Waals surface area contributed by atoms with Crippen molar-refractivity contribution in [3.05, 3.63) is 70.1 Å². The maximum atomic E-state index is 10.6. The van der Waals surface area contributed by atoms with Gasteiger partial charge in [0.15, 0.2) is 0 Å². The minimum atomic E-state index is -0.428. The molecule has 0 spiro atoms. The van der Waals surface area contributed by atoms with Gasteiger partial charge in [-0.1, -0.05) is 0 Å². The highest BCUT2D eigenvalue weighted by molar-refractivity contribution is 5.53. The van der Waals surface area contributed by atoms with Crippen molar-refractivity contribution in [3.8, 4) is 17.2 Å². The van der Waals surface area contributed by atoms with E-state index in [1.165, 1.54) is 12.1 Å². The zero-order valence-corrected chi connectivity index (χ0v) is 12.3. The number of rotatable bonds is 5. The third-order valence-electron chi connectivity index (χ3n) is 3.18. The maximum Gasteiger partial charge on any atom is 0.269 e.